The molecule has 1 aromatic carbocycles. The van der Waals surface area contributed by atoms with E-state index in [1.54, 1.807) is 4.68 Å². The Bertz CT molecular complexity index is 870. The summed E-state index contributed by atoms with van der Waals surface area (Å²) in [6, 6.07) is 11.6. The first-order valence-electron chi connectivity index (χ1n) is 10.0. The molecular weight excluding hydrogens is 368 g/mol. The van der Waals surface area contributed by atoms with Crippen molar-refractivity contribution in [2.45, 2.75) is 39.5 Å². The maximum Gasteiger partial charge on any atom is 0.307 e. The number of piperidine rings is 1. The molecule has 2 unspecified atom stereocenters. The number of hydrogen-bond donors (Lipinski definition) is 2. The van der Waals surface area contributed by atoms with Crippen LogP contribution in [0.25, 0.3) is 5.69 Å². The zero-order valence-electron chi connectivity index (χ0n) is 17.6. The van der Waals surface area contributed by atoms with Gasteiger partial charge in [-0.2, -0.15) is 5.10 Å². The molecule has 3 rings (SSSR count). The molecule has 1 aromatic heterocycles. The van der Waals surface area contributed by atoms with Gasteiger partial charge in [-0.1, -0.05) is 45.9 Å². The largest absolute Gasteiger partial charge is 0.481 e. The second kappa shape index (κ2) is 8.37. The third-order valence-corrected chi connectivity index (χ3v) is 5.20. The van der Waals surface area contributed by atoms with E-state index in [-0.39, 0.29) is 23.8 Å². The van der Waals surface area contributed by atoms with E-state index in [4.69, 9.17) is 5.10 Å². The number of carbonyl (C=O) groups excluding carboxylic acids is 1. The number of benzene rings is 1. The number of nitrogens with zero attached hydrogens (tertiary/aromatic N) is 3. The zero-order valence-corrected chi connectivity index (χ0v) is 17.6. The minimum Gasteiger partial charge on any atom is -0.481 e. The molecule has 156 valence electrons. The molecule has 7 nitrogen and oxygen atoms in total. The van der Waals surface area contributed by atoms with Gasteiger partial charge in [-0.25, -0.2) is 4.68 Å². The van der Waals surface area contributed by atoms with Crippen LogP contribution in [0.1, 0.15) is 39.8 Å². The molecule has 0 saturated carbocycles. The van der Waals surface area contributed by atoms with Gasteiger partial charge in [0, 0.05) is 24.6 Å². The molecule has 2 atom stereocenters. The summed E-state index contributed by atoms with van der Waals surface area (Å²) in [5, 5.41) is 17.0. The van der Waals surface area contributed by atoms with Gasteiger partial charge in [0.05, 0.1) is 23.8 Å². The smallest absolute Gasteiger partial charge is 0.307 e. The Hall–Kier alpha value is -2.67. The molecule has 0 radical (unpaired) electrons. The second-order valence-corrected chi connectivity index (χ2v) is 9.03. The molecule has 1 aliphatic rings. The number of aromatic nitrogens is 2. The van der Waals surface area contributed by atoms with Gasteiger partial charge in [-0.3, -0.25) is 14.5 Å². The number of likely N-dealkylation sites (tertiary alicyclic amines) is 1. The third-order valence-electron chi connectivity index (χ3n) is 5.20. The van der Waals surface area contributed by atoms with Crippen molar-refractivity contribution < 1.29 is 14.7 Å². The van der Waals surface area contributed by atoms with Gasteiger partial charge in [0.2, 0.25) is 5.91 Å². The minimum atomic E-state index is -0.793. The van der Waals surface area contributed by atoms with Gasteiger partial charge >= 0.3 is 5.97 Å². The number of nitrogens with one attached hydrogen (secondary N) is 1. The van der Waals surface area contributed by atoms with Crippen molar-refractivity contribution >= 4 is 17.7 Å². The number of amides is 1. The average molecular weight is 399 g/mol. The molecule has 2 heterocycles. The zero-order chi connectivity index (χ0) is 21.2. The molecule has 1 aliphatic heterocycles. The van der Waals surface area contributed by atoms with E-state index in [9.17, 15) is 14.7 Å². The molecule has 1 amide bonds. The van der Waals surface area contributed by atoms with Crippen molar-refractivity contribution in [1.82, 2.24) is 14.7 Å². The molecular formula is C22H30N4O3. The average Bonchev–Trinajstić information content (AvgIpc) is 3.06. The number of aliphatic carboxylic acids is 1. The number of carbonyl (C=O) groups is 2. The summed E-state index contributed by atoms with van der Waals surface area (Å²) in [7, 11) is 0. The highest BCUT2D eigenvalue weighted by Gasteiger charge is 2.30. The highest BCUT2D eigenvalue weighted by molar-refractivity contribution is 5.92. The fraction of sp³-hybridized carbons (Fsp3) is 0.500. The summed E-state index contributed by atoms with van der Waals surface area (Å²) >= 11 is 0. The van der Waals surface area contributed by atoms with E-state index < -0.39 is 11.9 Å². The lowest BCUT2D eigenvalue weighted by atomic mass is 9.90. The molecule has 2 aromatic rings. The van der Waals surface area contributed by atoms with Crippen LogP contribution in [0.4, 0.5) is 5.82 Å². The topological polar surface area (TPSA) is 87.5 Å². The Morgan fingerprint density at radius 3 is 2.52 bits per heavy atom. The summed E-state index contributed by atoms with van der Waals surface area (Å²) in [5.74, 6) is -0.514. The summed E-state index contributed by atoms with van der Waals surface area (Å²) in [6.45, 7) is 9.56. The van der Waals surface area contributed by atoms with E-state index in [1.165, 1.54) is 0 Å². The second-order valence-electron chi connectivity index (χ2n) is 9.03. The van der Waals surface area contributed by atoms with E-state index in [2.05, 4.69) is 26.1 Å². The molecule has 1 saturated heterocycles. The minimum absolute atomic E-state index is 0.156. The number of carboxylic acids is 1. The van der Waals surface area contributed by atoms with Crippen LogP contribution in [-0.2, 0) is 15.0 Å². The number of anilines is 1. The van der Waals surface area contributed by atoms with Gasteiger partial charge < -0.3 is 10.4 Å². The van der Waals surface area contributed by atoms with Gasteiger partial charge in [0.1, 0.15) is 5.82 Å². The number of carboxylic acid groups (broad SMARTS) is 1. The lowest BCUT2D eigenvalue weighted by molar-refractivity contribution is -0.144. The number of rotatable bonds is 5. The van der Waals surface area contributed by atoms with Crippen molar-refractivity contribution in [3.05, 3.63) is 42.1 Å². The normalized spacial score (nSPS) is 20.4. The number of hydrogen-bond acceptors (Lipinski definition) is 4. The first-order chi connectivity index (χ1) is 13.6. The lowest BCUT2D eigenvalue weighted by Gasteiger charge is -2.34. The van der Waals surface area contributed by atoms with Crippen molar-refractivity contribution in [3.63, 3.8) is 0 Å². The van der Waals surface area contributed by atoms with Crippen molar-refractivity contribution in [2.75, 3.05) is 25.0 Å². The quantitative estimate of drug-likeness (QED) is 0.808. The van der Waals surface area contributed by atoms with Crippen LogP contribution in [0, 0.1) is 11.8 Å². The Morgan fingerprint density at radius 1 is 1.21 bits per heavy atom. The molecule has 29 heavy (non-hydrogen) atoms. The fourth-order valence-electron chi connectivity index (χ4n) is 3.76. The Balaban J connectivity index is 1.77. The van der Waals surface area contributed by atoms with Crippen molar-refractivity contribution in [3.8, 4) is 5.69 Å². The molecule has 0 spiro atoms. The molecule has 0 bridgehead atoms. The van der Waals surface area contributed by atoms with Crippen molar-refractivity contribution in [2.24, 2.45) is 11.8 Å². The number of para-hydroxylation sites is 1. The first kappa shape index (κ1) is 21.0. The summed E-state index contributed by atoms with van der Waals surface area (Å²) in [5.41, 5.74) is 1.60. The van der Waals surface area contributed by atoms with Gasteiger partial charge in [-0.05, 0) is 24.5 Å². The Morgan fingerprint density at radius 2 is 1.90 bits per heavy atom. The van der Waals surface area contributed by atoms with Crippen LogP contribution in [0.15, 0.2) is 36.4 Å². The van der Waals surface area contributed by atoms with E-state index in [1.807, 2.05) is 48.2 Å². The van der Waals surface area contributed by atoms with Crippen LogP contribution in [0.5, 0.6) is 0 Å². The fourth-order valence-corrected chi connectivity index (χ4v) is 3.76. The van der Waals surface area contributed by atoms with Crippen LogP contribution >= 0.6 is 0 Å². The lowest BCUT2D eigenvalue weighted by Crippen LogP contribution is -2.45. The molecule has 1 fully saturated rings. The van der Waals surface area contributed by atoms with Crippen LogP contribution in [0.3, 0.4) is 0 Å². The summed E-state index contributed by atoms with van der Waals surface area (Å²) in [4.78, 5) is 26.1. The summed E-state index contributed by atoms with van der Waals surface area (Å²) < 4.78 is 1.75. The standard InChI is InChI=1S/C22H30N4O3/c1-15-10-16(21(28)29)13-25(12-15)14-20(27)23-19-11-18(22(2,3)4)24-26(19)17-8-6-5-7-9-17/h5-9,11,15-16H,10,12-14H2,1-4H3,(H,23,27)(H,28,29). The predicted molar refractivity (Wildman–Crippen MR) is 112 cm³/mol. The highest BCUT2D eigenvalue weighted by Crippen LogP contribution is 2.26. The summed E-state index contributed by atoms with van der Waals surface area (Å²) in [6.07, 6.45) is 0.656. The van der Waals surface area contributed by atoms with Crippen LogP contribution in [-0.4, -0.2) is 51.3 Å². The van der Waals surface area contributed by atoms with Gasteiger partial charge in [0.15, 0.2) is 0 Å². The predicted octanol–water partition coefficient (Wildman–Crippen LogP) is 3.15. The maximum absolute atomic E-state index is 12.8. The van der Waals surface area contributed by atoms with Crippen LogP contribution < -0.4 is 5.32 Å². The van der Waals surface area contributed by atoms with Gasteiger partial charge in [-0.15, -0.1) is 0 Å². The highest BCUT2D eigenvalue weighted by atomic mass is 16.4. The van der Waals surface area contributed by atoms with Crippen molar-refractivity contribution in [1.29, 1.82) is 0 Å². The van der Waals surface area contributed by atoms with Gasteiger partial charge in [0.25, 0.3) is 0 Å². The van der Waals surface area contributed by atoms with E-state index >= 15 is 0 Å². The van der Waals surface area contributed by atoms with E-state index in [0.29, 0.717) is 18.8 Å². The molecule has 0 aliphatic carbocycles. The first-order valence-corrected chi connectivity index (χ1v) is 10.0. The van der Waals surface area contributed by atoms with Crippen LogP contribution in [0.2, 0.25) is 0 Å². The Kier molecular flexibility index (Phi) is 6.07. The molecule has 2 N–H and O–H groups in total. The SMILES string of the molecule is CC1CC(C(=O)O)CN(CC(=O)Nc2cc(C(C)(C)C)nn2-c2ccccc2)C1. The van der Waals surface area contributed by atoms with E-state index in [0.717, 1.165) is 17.9 Å². The molecule has 7 heteroatoms. The Labute approximate surface area is 171 Å². The third kappa shape index (κ3) is 5.23. The maximum atomic E-state index is 12.8. The monoisotopic (exact) mass is 398 g/mol.